The fraction of sp³-hybridized carbons (Fsp3) is 0.263. The molecule has 0 unspecified atom stereocenters. The second-order valence-corrected chi connectivity index (χ2v) is 7.27. The summed E-state index contributed by atoms with van der Waals surface area (Å²) < 4.78 is 4.17. The molecule has 0 bridgehead atoms. The fourth-order valence-electron chi connectivity index (χ4n) is 2.94. The molecule has 0 fully saturated rings. The minimum atomic E-state index is 0.731. The summed E-state index contributed by atoms with van der Waals surface area (Å²) in [6, 6.07) is 12.4. The smallest absolute Gasteiger partial charge is 0.234 e. The number of aromatic nitrogens is 6. The summed E-state index contributed by atoms with van der Waals surface area (Å²) >= 11 is 1.65. The van der Waals surface area contributed by atoms with Crippen molar-refractivity contribution in [3.8, 4) is 0 Å². The van der Waals surface area contributed by atoms with Crippen LogP contribution in [0, 0.1) is 20.8 Å². The van der Waals surface area contributed by atoms with E-state index in [9.17, 15) is 0 Å². The zero-order chi connectivity index (χ0) is 18.1. The van der Waals surface area contributed by atoms with Crippen LogP contribution in [0.3, 0.4) is 0 Å². The molecule has 7 heteroatoms. The van der Waals surface area contributed by atoms with Gasteiger partial charge in [-0.25, -0.2) is 9.97 Å². The van der Waals surface area contributed by atoms with Crippen LogP contribution in [0.1, 0.15) is 28.5 Å². The van der Waals surface area contributed by atoms with Crippen LogP contribution in [0.2, 0.25) is 0 Å². The molecule has 0 saturated carbocycles. The zero-order valence-electron chi connectivity index (χ0n) is 15.0. The third-order valence-corrected chi connectivity index (χ3v) is 5.25. The van der Waals surface area contributed by atoms with Crippen molar-refractivity contribution in [1.29, 1.82) is 0 Å². The maximum Gasteiger partial charge on any atom is 0.234 e. The third-order valence-electron chi connectivity index (χ3n) is 4.25. The summed E-state index contributed by atoms with van der Waals surface area (Å²) in [6.45, 7) is 6.82. The van der Waals surface area contributed by atoms with E-state index in [2.05, 4.69) is 68.2 Å². The molecular formula is C19H20N6S. The third kappa shape index (κ3) is 3.35. The van der Waals surface area contributed by atoms with Gasteiger partial charge in [-0.05, 0) is 32.4 Å². The van der Waals surface area contributed by atoms with Crippen molar-refractivity contribution in [2.75, 3.05) is 0 Å². The topological polar surface area (TPSA) is 60.9 Å². The molecule has 3 aromatic heterocycles. The first-order chi connectivity index (χ1) is 12.6. The fourth-order valence-corrected chi connectivity index (χ4v) is 3.81. The van der Waals surface area contributed by atoms with Gasteiger partial charge in [0, 0.05) is 23.3 Å². The molecule has 0 atom stereocenters. The lowest BCUT2D eigenvalue weighted by atomic mass is 10.2. The van der Waals surface area contributed by atoms with E-state index in [1.165, 1.54) is 5.56 Å². The van der Waals surface area contributed by atoms with E-state index in [1.54, 1.807) is 11.8 Å². The summed E-state index contributed by atoms with van der Waals surface area (Å²) in [5, 5.41) is 9.49. The first kappa shape index (κ1) is 16.8. The predicted octanol–water partition coefficient (Wildman–Crippen LogP) is 3.59. The van der Waals surface area contributed by atoms with Crippen molar-refractivity contribution in [3.05, 3.63) is 71.1 Å². The van der Waals surface area contributed by atoms with Gasteiger partial charge in [0.25, 0.3) is 0 Å². The molecule has 0 amide bonds. The molecule has 0 aliphatic heterocycles. The number of aryl methyl sites for hydroxylation is 3. The average Bonchev–Trinajstić information content (AvgIpc) is 3.18. The monoisotopic (exact) mass is 364 g/mol. The van der Waals surface area contributed by atoms with E-state index in [4.69, 9.17) is 0 Å². The predicted molar refractivity (Wildman–Crippen MR) is 102 cm³/mol. The first-order valence-electron chi connectivity index (χ1n) is 8.49. The molecule has 0 aliphatic rings. The van der Waals surface area contributed by atoms with Gasteiger partial charge in [0.05, 0.1) is 12.2 Å². The number of thioether (sulfide) groups is 1. The summed E-state index contributed by atoms with van der Waals surface area (Å²) in [4.78, 5) is 9.14. The Morgan fingerprint density at radius 1 is 1.00 bits per heavy atom. The Morgan fingerprint density at radius 3 is 2.62 bits per heavy atom. The number of rotatable bonds is 5. The van der Waals surface area contributed by atoms with Gasteiger partial charge in [-0.3, -0.25) is 4.40 Å². The molecule has 4 aromatic rings. The summed E-state index contributed by atoms with van der Waals surface area (Å²) in [5.41, 5.74) is 4.35. The van der Waals surface area contributed by atoms with E-state index >= 15 is 0 Å². The largest absolute Gasteiger partial charge is 0.302 e. The van der Waals surface area contributed by atoms with E-state index in [0.717, 1.165) is 46.1 Å². The van der Waals surface area contributed by atoms with Crippen molar-refractivity contribution in [3.63, 3.8) is 0 Å². The molecule has 0 spiro atoms. The van der Waals surface area contributed by atoms with Crippen molar-refractivity contribution in [1.82, 2.24) is 29.1 Å². The Bertz CT molecular complexity index is 1050. The Hall–Kier alpha value is -2.67. The van der Waals surface area contributed by atoms with Crippen LogP contribution in [0.4, 0.5) is 0 Å². The average molecular weight is 364 g/mol. The lowest BCUT2D eigenvalue weighted by Gasteiger charge is -2.07. The maximum absolute atomic E-state index is 4.64. The number of nitrogens with zero attached hydrogens (tertiary/aromatic N) is 6. The van der Waals surface area contributed by atoms with Crippen LogP contribution >= 0.6 is 11.8 Å². The Morgan fingerprint density at radius 2 is 1.81 bits per heavy atom. The molecule has 0 aliphatic carbocycles. The van der Waals surface area contributed by atoms with Gasteiger partial charge >= 0.3 is 0 Å². The van der Waals surface area contributed by atoms with E-state index < -0.39 is 0 Å². The van der Waals surface area contributed by atoms with Gasteiger partial charge in [0.15, 0.2) is 5.16 Å². The summed E-state index contributed by atoms with van der Waals surface area (Å²) in [6.07, 6.45) is 2.05. The highest BCUT2D eigenvalue weighted by atomic mass is 32.2. The second kappa shape index (κ2) is 6.92. The molecule has 26 heavy (non-hydrogen) atoms. The highest BCUT2D eigenvalue weighted by Crippen LogP contribution is 2.23. The van der Waals surface area contributed by atoms with Crippen LogP contribution in [0.15, 0.2) is 47.8 Å². The summed E-state index contributed by atoms with van der Waals surface area (Å²) in [7, 11) is 0. The van der Waals surface area contributed by atoms with Crippen LogP contribution in [-0.2, 0) is 12.3 Å². The Kier molecular flexibility index (Phi) is 4.46. The molecule has 0 N–H and O–H groups in total. The number of imidazole rings is 1. The Labute approximate surface area is 156 Å². The number of fused-ring (bicyclic) bond motifs is 1. The molecule has 132 valence electrons. The first-order valence-corrected chi connectivity index (χ1v) is 9.47. The van der Waals surface area contributed by atoms with Crippen molar-refractivity contribution >= 4 is 17.5 Å². The zero-order valence-corrected chi connectivity index (χ0v) is 15.9. The van der Waals surface area contributed by atoms with Gasteiger partial charge in [-0.1, -0.05) is 42.1 Å². The molecule has 3 heterocycles. The lowest BCUT2D eigenvalue weighted by Crippen LogP contribution is -2.03. The normalized spacial score (nSPS) is 11.3. The molecule has 0 saturated heterocycles. The molecule has 1 aromatic carbocycles. The van der Waals surface area contributed by atoms with Gasteiger partial charge in [-0.15, -0.1) is 10.2 Å². The number of benzene rings is 1. The highest BCUT2D eigenvalue weighted by Gasteiger charge is 2.12. The van der Waals surface area contributed by atoms with Crippen LogP contribution < -0.4 is 0 Å². The standard InChI is InChI=1S/C19H20N6S/c1-13-9-14(2)24-11-17(21-18(24)20-13)12-26-19-23-22-15(3)25(19)10-16-7-5-4-6-8-16/h4-9,11H,10,12H2,1-3H3. The minimum Gasteiger partial charge on any atom is -0.302 e. The highest BCUT2D eigenvalue weighted by molar-refractivity contribution is 7.98. The molecular weight excluding hydrogens is 344 g/mol. The second-order valence-electron chi connectivity index (χ2n) is 6.33. The summed E-state index contributed by atoms with van der Waals surface area (Å²) in [5.74, 6) is 2.40. The molecule has 6 nitrogen and oxygen atoms in total. The lowest BCUT2D eigenvalue weighted by molar-refractivity contribution is 0.688. The molecule has 0 radical (unpaired) electrons. The molecule has 4 rings (SSSR count). The van der Waals surface area contributed by atoms with Gasteiger partial charge in [-0.2, -0.15) is 0 Å². The SMILES string of the molecule is Cc1cc(C)n2cc(CSc3nnc(C)n3Cc3ccccc3)nc2n1. The van der Waals surface area contributed by atoms with Crippen LogP contribution in [0.5, 0.6) is 0 Å². The van der Waals surface area contributed by atoms with Crippen LogP contribution in [-0.4, -0.2) is 29.1 Å². The number of hydrogen-bond donors (Lipinski definition) is 0. The van der Waals surface area contributed by atoms with Crippen LogP contribution in [0.25, 0.3) is 5.78 Å². The van der Waals surface area contributed by atoms with E-state index in [1.807, 2.05) is 24.3 Å². The Balaban J connectivity index is 1.54. The quantitative estimate of drug-likeness (QED) is 0.507. The van der Waals surface area contributed by atoms with E-state index in [-0.39, 0.29) is 0 Å². The van der Waals surface area contributed by atoms with Crippen molar-refractivity contribution in [2.45, 2.75) is 38.2 Å². The van der Waals surface area contributed by atoms with Gasteiger partial charge in [0.2, 0.25) is 5.78 Å². The maximum atomic E-state index is 4.64. The minimum absolute atomic E-state index is 0.731. The van der Waals surface area contributed by atoms with Crippen molar-refractivity contribution < 1.29 is 0 Å². The van der Waals surface area contributed by atoms with Gasteiger partial charge < -0.3 is 4.57 Å². The van der Waals surface area contributed by atoms with Crippen molar-refractivity contribution in [2.24, 2.45) is 0 Å². The van der Waals surface area contributed by atoms with E-state index in [0.29, 0.717) is 0 Å². The van der Waals surface area contributed by atoms with Gasteiger partial charge in [0.1, 0.15) is 5.82 Å². The number of hydrogen-bond acceptors (Lipinski definition) is 5.